The van der Waals surface area contributed by atoms with Crippen LogP contribution in [-0.2, 0) is 0 Å². The predicted molar refractivity (Wildman–Crippen MR) is 103 cm³/mol. The first-order valence-corrected chi connectivity index (χ1v) is 8.22. The number of anilines is 1. The van der Waals surface area contributed by atoms with Crippen LogP contribution in [0.15, 0.2) is 42.6 Å². The topological polar surface area (TPSA) is 107 Å². The zero-order valence-corrected chi connectivity index (χ0v) is 15.5. The van der Waals surface area contributed by atoms with Gasteiger partial charge in [-0.05, 0) is 30.3 Å². The molecule has 0 radical (unpaired) electrons. The highest BCUT2D eigenvalue weighted by Crippen LogP contribution is 2.43. The number of amides is 1. The summed E-state index contributed by atoms with van der Waals surface area (Å²) in [5.41, 5.74) is 0.547. The van der Waals surface area contributed by atoms with E-state index in [1.54, 1.807) is 24.3 Å². The van der Waals surface area contributed by atoms with E-state index in [1.165, 1.54) is 39.7 Å². The molecule has 3 rings (SSSR count). The molecular formula is C20H18N2O6. The van der Waals surface area contributed by atoms with Crippen molar-refractivity contribution in [2.75, 3.05) is 26.6 Å². The Bertz CT molecular complexity index is 1060. The standard InChI is InChI=1S/C20H18N2O6/c1-26-15-10-14-13(17(27-2)18(15)28-3)7-8-21-16(14)19(23)22-12-6-4-5-11(9-12)20(24)25/h4-10H,1-3H3,(H,22,23)(H,24,25). The number of carbonyl (C=O) groups excluding carboxylic acids is 1. The molecule has 3 aromatic rings. The van der Waals surface area contributed by atoms with E-state index in [-0.39, 0.29) is 11.3 Å². The molecule has 2 N–H and O–H groups in total. The zero-order valence-electron chi connectivity index (χ0n) is 15.5. The number of hydrogen-bond acceptors (Lipinski definition) is 6. The summed E-state index contributed by atoms with van der Waals surface area (Å²) in [5, 5.41) is 12.9. The van der Waals surface area contributed by atoms with Crippen molar-refractivity contribution in [3.05, 3.63) is 53.9 Å². The minimum atomic E-state index is -1.08. The molecule has 1 heterocycles. The van der Waals surface area contributed by atoms with Crippen molar-refractivity contribution in [1.29, 1.82) is 0 Å². The van der Waals surface area contributed by atoms with Gasteiger partial charge in [0.15, 0.2) is 11.5 Å². The van der Waals surface area contributed by atoms with E-state index in [0.29, 0.717) is 33.7 Å². The molecule has 0 spiro atoms. The smallest absolute Gasteiger partial charge is 0.335 e. The van der Waals surface area contributed by atoms with Crippen molar-refractivity contribution in [2.45, 2.75) is 0 Å². The monoisotopic (exact) mass is 382 g/mol. The number of carboxylic acid groups (broad SMARTS) is 1. The van der Waals surface area contributed by atoms with Gasteiger partial charge in [-0.2, -0.15) is 0 Å². The number of nitrogens with one attached hydrogen (secondary N) is 1. The molecule has 1 amide bonds. The highest BCUT2D eigenvalue weighted by Gasteiger charge is 2.21. The van der Waals surface area contributed by atoms with Crippen LogP contribution in [0.4, 0.5) is 5.69 Å². The lowest BCUT2D eigenvalue weighted by Crippen LogP contribution is -2.15. The number of rotatable bonds is 6. The summed E-state index contributed by atoms with van der Waals surface area (Å²) >= 11 is 0. The van der Waals surface area contributed by atoms with Gasteiger partial charge >= 0.3 is 5.97 Å². The summed E-state index contributed by atoms with van der Waals surface area (Å²) in [7, 11) is 4.47. The first-order valence-electron chi connectivity index (χ1n) is 8.22. The summed E-state index contributed by atoms with van der Waals surface area (Å²) in [5.74, 6) is -0.365. The number of fused-ring (bicyclic) bond motifs is 1. The Kier molecular flexibility index (Phi) is 5.30. The second-order valence-corrected chi connectivity index (χ2v) is 5.74. The molecule has 0 fully saturated rings. The van der Waals surface area contributed by atoms with Crippen LogP contribution in [0.3, 0.4) is 0 Å². The average Bonchev–Trinajstić information content (AvgIpc) is 2.71. The first-order chi connectivity index (χ1) is 13.5. The van der Waals surface area contributed by atoms with Crippen LogP contribution in [-0.4, -0.2) is 43.3 Å². The molecule has 0 bridgehead atoms. The van der Waals surface area contributed by atoms with E-state index < -0.39 is 11.9 Å². The minimum absolute atomic E-state index is 0.0664. The van der Waals surface area contributed by atoms with Gasteiger partial charge in [0.2, 0.25) is 5.75 Å². The largest absolute Gasteiger partial charge is 0.493 e. The van der Waals surface area contributed by atoms with E-state index in [4.69, 9.17) is 19.3 Å². The summed E-state index contributed by atoms with van der Waals surface area (Å²) in [4.78, 5) is 28.1. The number of pyridine rings is 1. The van der Waals surface area contributed by atoms with Gasteiger partial charge in [0.1, 0.15) is 5.69 Å². The molecule has 0 unspecified atom stereocenters. The average molecular weight is 382 g/mol. The molecule has 0 aliphatic carbocycles. The molecular weight excluding hydrogens is 364 g/mol. The summed E-state index contributed by atoms with van der Waals surface area (Å²) in [6, 6.07) is 9.31. The third-order valence-electron chi connectivity index (χ3n) is 4.15. The maximum atomic E-state index is 12.8. The van der Waals surface area contributed by atoms with Crippen LogP contribution in [0, 0.1) is 0 Å². The van der Waals surface area contributed by atoms with Crippen LogP contribution in [0.25, 0.3) is 10.8 Å². The third kappa shape index (κ3) is 3.39. The Hall–Kier alpha value is -3.81. The molecule has 0 saturated heterocycles. The highest BCUT2D eigenvalue weighted by molar-refractivity contribution is 6.13. The third-order valence-corrected chi connectivity index (χ3v) is 4.15. The van der Waals surface area contributed by atoms with Crippen LogP contribution in [0.5, 0.6) is 17.2 Å². The van der Waals surface area contributed by atoms with E-state index in [0.717, 1.165) is 0 Å². The van der Waals surface area contributed by atoms with E-state index in [1.807, 2.05) is 0 Å². The van der Waals surface area contributed by atoms with Crippen molar-refractivity contribution < 1.29 is 28.9 Å². The van der Waals surface area contributed by atoms with Gasteiger partial charge in [0, 0.05) is 22.7 Å². The van der Waals surface area contributed by atoms with E-state index in [9.17, 15) is 9.59 Å². The van der Waals surface area contributed by atoms with Gasteiger partial charge in [-0.25, -0.2) is 4.79 Å². The lowest BCUT2D eigenvalue weighted by Gasteiger charge is -2.16. The second kappa shape index (κ2) is 7.83. The fourth-order valence-corrected chi connectivity index (χ4v) is 2.90. The van der Waals surface area contributed by atoms with Gasteiger partial charge in [0.25, 0.3) is 5.91 Å². The number of aromatic nitrogens is 1. The molecule has 1 aromatic heterocycles. The van der Waals surface area contributed by atoms with Crippen molar-refractivity contribution in [1.82, 2.24) is 4.98 Å². The first kappa shape index (κ1) is 19.0. The fraction of sp³-hybridized carbons (Fsp3) is 0.150. The molecule has 2 aromatic carbocycles. The number of methoxy groups -OCH3 is 3. The van der Waals surface area contributed by atoms with Gasteiger partial charge < -0.3 is 24.6 Å². The van der Waals surface area contributed by atoms with Gasteiger partial charge in [-0.1, -0.05) is 6.07 Å². The molecule has 0 aliphatic heterocycles. The summed E-state index contributed by atoms with van der Waals surface area (Å²) in [6.45, 7) is 0. The van der Waals surface area contributed by atoms with Crippen LogP contribution in [0.1, 0.15) is 20.8 Å². The highest BCUT2D eigenvalue weighted by atomic mass is 16.5. The molecule has 8 nitrogen and oxygen atoms in total. The maximum Gasteiger partial charge on any atom is 0.335 e. The van der Waals surface area contributed by atoms with Crippen LogP contribution < -0.4 is 19.5 Å². The Balaban J connectivity index is 2.09. The van der Waals surface area contributed by atoms with Crippen molar-refractivity contribution in [3.63, 3.8) is 0 Å². The Morgan fingerprint density at radius 2 is 1.71 bits per heavy atom. The lowest BCUT2D eigenvalue weighted by atomic mass is 10.1. The number of carbonyl (C=O) groups is 2. The molecule has 144 valence electrons. The molecule has 0 aliphatic rings. The SMILES string of the molecule is COc1cc2c(C(=O)Nc3cccc(C(=O)O)c3)nccc2c(OC)c1OC. The lowest BCUT2D eigenvalue weighted by molar-refractivity contribution is 0.0696. The number of carboxylic acids is 1. The molecule has 28 heavy (non-hydrogen) atoms. The molecule has 8 heteroatoms. The number of hydrogen-bond donors (Lipinski definition) is 2. The van der Waals surface area contributed by atoms with Gasteiger partial charge in [-0.3, -0.25) is 9.78 Å². The quantitative estimate of drug-likeness (QED) is 0.674. The maximum absolute atomic E-state index is 12.8. The summed E-state index contributed by atoms with van der Waals surface area (Å²) in [6.07, 6.45) is 1.49. The predicted octanol–water partition coefficient (Wildman–Crippen LogP) is 3.21. The van der Waals surface area contributed by atoms with Gasteiger partial charge in [-0.15, -0.1) is 0 Å². The van der Waals surface area contributed by atoms with Crippen molar-refractivity contribution in [2.24, 2.45) is 0 Å². The fourth-order valence-electron chi connectivity index (χ4n) is 2.90. The Labute approximate surface area is 160 Å². The minimum Gasteiger partial charge on any atom is -0.493 e. The Morgan fingerprint density at radius 1 is 0.964 bits per heavy atom. The van der Waals surface area contributed by atoms with Crippen LogP contribution >= 0.6 is 0 Å². The summed E-state index contributed by atoms with van der Waals surface area (Å²) < 4.78 is 16.2. The van der Waals surface area contributed by atoms with Crippen LogP contribution in [0.2, 0.25) is 0 Å². The zero-order chi connectivity index (χ0) is 20.3. The number of nitrogens with zero attached hydrogens (tertiary/aromatic N) is 1. The Morgan fingerprint density at radius 3 is 2.36 bits per heavy atom. The molecule has 0 atom stereocenters. The van der Waals surface area contributed by atoms with Crippen molar-refractivity contribution in [3.8, 4) is 17.2 Å². The number of aromatic carboxylic acids is 1. The van der Waals surface area contributed by atoms with Gasteiger partial charge in [0.05, 0.1) is 26.9 Å². The second-order valence-electron chi connectivity index (χ2n) is 5.74. The number of ether oxygens (including phenoxy) is 3. The van der Waals surface area contributed by atoms with E-state index in [2.05, 4.69) is 10.3 Å². The van der Waals surface area contributed by atoms with Crippen molar-refractivity contribution >= 4 is 28.3 Å². The number of benzene rings is 2. The van der Waals surface area contributed by atoms with E-state index >= 15 is 0 Å². The normalized spacial score (nSPS) is 10.4. The molecule has 0 saturated carbocycles.